The Morgan fingerprint density at radius 3 is 2.19 bits per heavy atom. The van der Waals surface area contributed by atoms with Crippen LogP contribution in [0, 0.1) is 0 Å². The summed E-state index contributed by atoms with van der Waals surface area (Å²) in [6.45, 7) is -0.786. The zero-order chi connectivity index (χ0) is 22.2. The lowest BCUT2D eigenvalue weighted by Gasteiger charge is -2.12. The molecule has 0 spiro atoms. The highest BCUT2D eigenvalue weighted by Gasteiger charge is 2.14. The largest absolute Gasteiger partial charge is 0.478 e. The number of carbonyl (C=O) groups excluding carboxylic acids is 2. The van der Waals surface area contributed by atoms with E-state index in [9.17, 15) is 19.5 Å². The number of carbonyl (C=O) groups is 3. The summed E-state index contributed by atoms with van der Waals surface area (Å²) in [6, 6.07) is 15.0. The molecule has 10 heteroatoms. The van der Waals surface area contributed by atoms with Crippen LogP contribution in [0.15, 0.2) is 67.0 Å². The molecule has 0 fully saturated rings. The van der Waals surface area contributed by atoms with Crippen LogP contribution in [-0.4, -0.2) is 41.1 Å². The van der Waals surface area contributed by atoms with Crippen molar-refractivity contribution in [2.24, 2.45) is 0 Å². The van der Waals surface area contributed by atoms with E-state index in [1.807, 2.05) is 24.3 Å². The second-order valence-corrected chi connectivity index (χ2v) is 6.80. The highest BCUT2D eigenvalue weighted by molar-refractivity contribution is 6.31. The summed E-state index contributed by atoms with van der Waals surface area (Å²) < 4.78 is 5.16. The van der Waals surface area contributed by atoms with Crippen molar-refractivity contribution in [3.05, 3.63) is 77.6 Å². The summed E-state index contributed by atoms with van der Waals surface area (Å²) in [6.07, 6.45) is 3.32. The highest BCUT2D eigenvalue weighted by Crippen LogP contribution is 2.27. The van der Waals surface area contributed by atoms with E-state index in [2.05, 4.69) is 15.6 Å². The molecule has 1 aromatic heterocycles. The van der Waals surface area contributed by atoms with Gasteiger partial charge in [0.15, 0.2) is 0 Å². The van der Waals surface area contributed by atoms with E-state index >= 15 is 0 Å². The first kappa shape index (κ1) is 24.8. The minimum Gasteiger partial charge on any atom is -0.478 e. The van der Waals surface area contributed by atoms with Crippen LogP contribution in [0.2, 0.25) is 5.02 Å². The second kappa shape index (κ2) is 11.8. The van der Waals surface area contributed by atoms with Crippen LogP contribution in [-0.2, 0) is 14.3 Å². The van der Waals surface area contributed by atoms with Crippen molar-refractivity contribution in [3.8, 4) is 11.1 Å². The van der Waals surface area contributed by atoms with Gasteiger partial charge in [0.1, 0.15) is 13.2 Å². The molecule has 0 aliphatic heterocycles. The van der Waals surface area contributed by atoms with Crippen LogP contribution in [0.3, 0.4) is 0 Å². The van der Waals surface area contributed by atoms with E-state index < -0.39 is 24.4 Å². The van der Waals surface area contributed by atoms with Gasteiger partial charge in [-0.15, -0.1) is 12.4 Å². The van der Waals surface area contributed by atoms with Gasteiger partial charge in [0.25, 0.3) is 0 Å². The summed E-state index contributed by atoms with van der Waals surface area (Å²) in [5.74, 6) is -2.27. The van der Waals surface area contributed by atoms with Crippen LogP contribution >= 0.6 is 24.0 Å². The summed E-state index contributed by atoms with van der Waals surface area (Å²) in [5.41, 5.74) is 2.25. The van der Waals surface area contributed by atoms with Crippen LogP contribution in [0.25, 0.3) is 11.1 Å². The van der Waals surface area contributed by atoms with Gasteiger partial charge in [-0.1, -0.05) is 29.8 Å². The Labute approximate surface area is 195 Å². The molecule has 32 heavy (non-hydrogen) atoms. The molecule has 0 bridgehead atoms. The van der Waals surface area contributed by atoms with Gasteiger partial charge in [-0.25, -0.2) is 4.79 Å². The SMILES string of the molecule is Cl.O=C(COCC(=O)Nc1ccccc1-c1ccncc1)Nc1ccc(Cl)cc1C(=O)O. The lowest BCUT2D eigenvalue weighted by atomic mass is 10.1. The lowest BCUT2D eigenvalue weighted by Crippen LogP contribution is -2.24. The molecule has 0 unspecified atom stereocenters. The Morgan fingerprint density at radius 2 is 1.53 bits per heavy atom. The number of anilines is 2. The number of nitrogens with zero attached hydrogens (tertiary/aromatic N) is 1. The number of aromatic nitrogens is 1. The molecular formula is C22H19Cl2N3O5. The number of hydrogen-bond acceptors (Lipinski definition) is 5. The Balaban J connectivity index is 0.00000363. The molecule has 0 aliphatic rings. The standard InChI is InChI=1S/C22H18ClN3O5.ClH/c23-15-5-6-19(17(11-15)22(29)30)26-21(28)13-31-12-20(27)25-18-4-2-1-3-16(18)14-7-9-24-10-8-14;/h1-11H,12-13H2,(H,25,27)(H,26,28)(H,29,30);1H. The van der Waals surface area contributed by atoms with Crippen molar-refractivity contribution >= 4 is 53.2 Å². The fraction of sp³-hybridized carbons (Fsp3) is 0.0909. The number of carboxylic acids is 1. The maximum Gasteiger partial charge on any atom is 0.337 e. The van der Waals surface area contributed by atoms with Gasteiger partial charge >= 0.3 is 5.97 Å². The molecule has 3 N–H and O–H groups in total. The van der Waals surface area contributed by atoms with Crippen LogP contribution < -0.4 is 10.6 Å². The number of carboxylic acid groups (broad SMARTS) is 1. The topological polar surface area (TPSA) is 118 Å². The molecular weight excluding hydrogens is 457 g/mol. The Bertz CT molecular complexity index is 1110. The fourth-order valence-electron chi connectivity index (χ4n) is 2.79. The minimum atomic E-state index is -1.23. The van der Waals surface area contributed by atoms with E-state index in [1.54, 1.807) is 24.5 Å². The summed E-state index contributed by atoms with van der Waals surface area (Å²) in [5, 5.41) is 14.6. The molecule has 166 valence electrons. The number of para-hydroxylation sites is 1. The van der Waals surface area contributed by atoms with Crippen molar-refractivity contribution in [2.75, 3.05) is 23.8 Å². The van der Waals surface area contributed by atoms with Gasteiger partial charge in [-0.05, 0) is 42.0 Å². The Morgan fingerprint density at radius 1 is 0.906 bits per heavy atom. The third-order valence-corrected chi connectivity index (χ3v) is 4.38. The van der Waals surface area contributed by atoms with E-state index in [0.717, 1.165) is 11.1 Å². The van der Waals surface area contributed by atoms with Crippen molar-refractivity contribution in [1.29, 1.82) is 0 Å². The number of pyridine rings is 1. The van der Waals surface area contributed by atoms with Gasteiger partial charge < -0.3 is 20.5 Å². The molecule has 0 radical (unpaired) electrons. The lowest BCUT2D eigenvalue weighted by molar-refractivity contribution is -0.125. The first-order chi connectivity index (χ1) is 14.9. The van der Waals surface area contributed by atoms with Crippen molar-refractivity contribution in [3.63, 3.8) is 0 Å². The zero-order valence-corrected chi connectivity index (χ0v) is 18.2. The number of aromatic carboxylic acids is 1. The van der Waals surface area contributed by atoms with Gasteiger partial charge in [0.2, 0.25) is 11.8 Å². The molecule has 3 aromatic rings. The molecule has 2 amide bonds. The van der Waals surface area contributed by atoms with E-state index in [-0.39, 0.29) is 35.3 Å². The molecule has 2 aromatic carbocycles. The van der Waals surface area contributed by atoms with E-state index in [4.69, 9.17) is 16.3 Å². The van der Waals surface area contributed by atoms with Gasteiger partial charge in [0.05, 0.1) is 11.3 Å². The predicted octanol–water partition coefficient (Wildman–Crippen LogP) is 4.12. The van der Waals surface area contributed by atoms with Crippen molar-refractivity contribution < 1.29 is 24.2 Å². The predicted molar refractivity (Wildman–Crippen MR) is 123 cm³/mol. The number of rotatable bonds is 8. The molecule has 8 nitrogen and oxygen atoms in total. The molecule has 3 rings (SSSR count). The van der Waals surface area contributed by atoms with Gasteiger partial charge in [-0.2, -0.15) is 0 Å². The molecule has 0 atom stereocenters. The number of amides is 2. The van der Waals surface area contributed by atoms with Crippen LogP contribution in [0.4, 0.5) is 11.4 Å². The van der Waals surface area contributed by atoms with E-state index in [0.29, 0.717) is 5.69 Å². The number of halogens is 2. The summed E-state index contributed by atoms with van der Waals surface area (Å²) >= 11 is 5.78. The Kier molecular flexibility index (Phi) is 9.15. The van der Waals surface area contributed by atoms with Crippen molar-refractivity contribution in [2.45, 2.75) is 0 Å². The molecule has 1 heterocycles. The third kappa shape index (κ3) is 6.78. The molecule has 0 aliphatic carbocycles. The van der Waals surface area contributed by atoms with Gasteiger partial charge in [-0.3, -0.25) is 14.6 Å². The summed E-state index contributed by atoms with van der Waals surface area (Å²) in [4.78, 5) is 39.5. The molecule has 0 saturated heterocycles. The first-order valence-electron chi connectivity index (χ1n) is 9.14. The summed E-state index contributed by atoms with van der Waals surface area (Å²) in [7, 11) is 0. The maximum absolute atomic E-state index is 12.2. The van der Waals surface area contributed by atoms with Crippen LogP contribution in [0.1, 0.15) is 10.4 Å². The van der Waals surface area contributed by atoms with Crippen LogP contribution in [0.5, 0.6) is 0 Å². The third-order valence-electron chi connectivity index (χ3n) is 4.14. The average molecular weight is 476 g/mol. The quantitative estimate of drug-likeness (QED) is 0.451. The Hall–Kier alpha value is -3.46. The highest BCUT2D eigenvalue weighted by atomic mass is 35.5. The zero-order valence-electron chi connectivity index (χ0n) is 16.6. The van der Waals surface area contributed by atoms with E-state index in [1.165, 1.54) is 18.2 Å². The second-order valence-electron chi connectivity index (χ2n) is 6.37. The molecule has 0 saturated carbocycles. The fourth-order valence-corrected chi connectivity index (χ4v) is 2.96. The number of nitrogens with one attached hydrogen (secondary N) is 2. The normalized spacial score (nSPS) is 10.0. The maximum atomic E-state index is 12.2. The monoisotopic (exact) mass is 475 g/mol. The minimum absolute atomic E-state index is 0. The van der Waals surface area contributed by atoms with Gasteiger partial charge in [0, 0.05) is 28.7 Å². The average Bonchev–Trinajstić information content (AvgIpc) is 2.76. The first-order valence-corrected chi connectivity index (χ1v) is 9.51. The number of hydrogen-bond donors (Lipinski definition) is 3. The number of benzene rings is 2. The van der Waals surface area contributed by atoms with Crippen molar-refractivity contribution in [1.82, 2.24) is 4.98 Å². The number of ether oxygens (including phenoxy) is 1. The smallest absolute Gasteiger partial charge is 0.337 e.